The smallest absolute Gasteiger partial charge is 0.341 e. The first-order valence-corrected chi connectivity index (χ1v) is 11.4. The molecule has 0 bridgehead atoms. The zero-order valence-electron chi connectivity index (χ0n) is 19.1. The lowest BCUT2D eigenvalue weighted by molar-refractivity contribution is 0.0606. The number of tetrazole rings is 1. The van der Waals surface area contributed by atoms with E-state index in [1.165, 1.54) is 23.1 Å². The molecule has 4 atom stereocenters. The molecule has 4 aromatic rings. The largest absolute Gasteiger partial charge is 0.478 e. The molecular formula is C23H20N8O6. The highest BCUT2D eigenvalue weighted by atomic mass is 16.6. The van der Waals surface area contributed by atoms with Gasteiger partial charge >= 0.3 is 12.0 Å². The summed E-state index contributed by atoms with van der Waals surface area (Å²) in [6, 6.07) is 12.5. The molecule has 2 aromatic heterocycles. The zero-order valence-corrected chi connectivity index (χ0v) is 19.1. The molecule has 2 aliphatic heterocycles. The number of rotatable bonds is 7. The van der Waals surface area contributed by atoms with Gasteiger partial charge in [-0.25, -0.2) is 14.5 Å². The van der Waals surface area contributed by atoms with Crippen LogP contribution >= 0.6 is 0 Å². The molecular weight excluding hydrogens is 484 g/mol. The van der Waals surface area contributed by atoms with Crippen LogP contribution in [-0.2, 0) is 9.47 Å². The van der Waals surface area contributed by atoms with Crippen LogP contribution in [0, 0.1) is 0 Å². The monoisotopic (exact) mass is 504 g/mol. The molecule has 37 heavy (non-hydrogen) atoms. The summed E-state index contributed by atoms with van der Waals surface area (Å²) in [4.78, 5) is 28.2. The number of carbonyl (C=O) groups excluding carboxylic acids is 1. The van der Waals surface area contributed by atoms with Crippen molar-refractivity contribution in [2.24, 2.45) is 0 Å². The Hall–Kier alpha value is -4.69. The summed E-state index contributed by atoms with van der Waals surface area (Å²) in [5, 5.41) is 28.1. The molecule has 188 valence electrons. The Bertz CT molecular complexity index is 1420. The van der Waals surface area contributed by atoms with Crippen molar-refractivity contribution in [2.75, 3.05) is 13.2 Å². The molecule has 14 nitrogen and oxygen atoms in total. The minimum Gasteiger partial charge on any atom is -0.478 e. The van der Waals surface area contributed by atoms with E-state index in [1.54, 1.807) is 35.3 Å². The second kappa shape index (κ2) is 9.40. The highest BCUT2D eigenvalue weighted by molar-refractivity contribution is 6.04. The van der Waals surface area contributed by atoms with Crippen molar-refractivity contribution in [1.82, 2.24) is 40.3 Å². The van der Waals surface area contributed by atoms with Gasteiger partial charge in [0.25, 0.3) is 5.91 Å². The lowest BCUT2D eigenvalue weighted by atomic mass is 10.0. The number of nitrogens with zero attached hydrogens (tertiary/aromatic N) is 7. The molecule has 2 N–H and O–H groups in total. The summed E-state index contributed by atoms with van der Waals surface area (Å²) in [6.45, 7) is 0.426. The number of nitrogens with one attached hydrogen (secondary N) is 1. The van der Waals surface area contributed by atoms with Crippen LogP contribution in [0.4, 0.5) is 0 Å². The summed E-state index contributed by atoms with van der Waals surface area (Å²) in [5.74, 6) is -1.17. The number of aromatic carboxylic acids is 1. The molecule has 0 saturated carbocycles. The Balaban J connectivity index is 1.14. The first kappa shape index (κ1) is 22.8. The van der Waals surface area contributed by atoms with Gasteiger partial charge in [-0.2, -0.15) is 9.78 Å². The zero-order chi connectivity index (χ0) is 25.4. The summed E-state index contributed by atoms with van der Waals surface area (Å²) < 4.78 is 21.0. The number of aromatic nitrogens is 7. The van der Waals surface area contributed by atoms with Crippen LogP contribution in [0.25, 0.3) is 5.69 Å². The van der Waals surface area contributed by atoms with Gasteiger partial charge in [-0.05, 0) is 46.8 Å². The van der Waals surface area contributed by atoms with Gasteiger partial charge in [0.1, 0.15) is 36.7 Å². The molecule has 0 aliphatic carbocycles. The number of amides is 1. The second-order valence-corrected chi connectivity index (χ2v) is 8.44. The average molecular weight is 504 g/mol. The third-order valence-electron chi connectivity index (χ3n) is 6.25. The number of ether oxygens (including phenoxy) is 3. The van der Waals surface area contributed by atoms with Crippen molar-refractivity contribution >= 4 is 11.9 Å². The molecule has 4 heterocycles. The molecule has 4 unspecified atom stereocenters. The summed E-state index contributed by atoms with van der Waals surface area (Å²) >= 11 is 0. The van der Waals surface area contributed by atoms with E-state index in [9.17, 15) is 14.7 Å². The maximum atomic E-state index is 12.8. The van der Waals surface area contributed by atoms with E-state index < -0.39 is 36.2 Å². The van der Waals surface area contributed by atoms with Gasteiger partial charge in [0, 0.05) is 0 Å². The maximum Gasteiger partial charge on any atom is 0.341 e. The highest BCUT2D eigenvalue weighted by Crippen LogP contribution is 2.36. The third kappa shape index (κ3) is 4.28. The summed E-state index contributed by atoms with van der Waals surface area (Å²) in [7, 11) is 0. The summed E-state index contributed by atoms with van der Waals surface area (Å²) in [6.07, 6.45) is 2.13. The lowest BCUT2D eigenvalue weighted by Gasteiger charge is -2.18. The molecule has 2 saturated heterocycles. The number of hydrogen-bond donors (Lipinski definition) is 2. The number of benzene rings is 2. The van der Waals surface area contributed by atoms with E-state index in [-0.39, 0.29) is 30.4 Å². The lowest BCUT2D eigenvalue weighted by Crippen LogP contribution is -2.44. The molecule has 14 heteroatoms. The number of carboxylic acid groups (broad SMARTS) is 1. The Morgan fingerprint density at radius 1 is 1.03 bits per heavy atom. The third-order valence-corrected chi connectivity index (χ3v) is 6.25. The van der Waals surface area contributed by atoms with Crippen LogP contribution < -0.4 is 10.1 Å². The van der Waals surface area contributed by atoms with Gasteiger partial charge in [0.2, 0.25) is 0 Å². The van der Waals surface area contributed by atoms with Gasteiger partial charge in [-0.1, -0.05) is 17.2 Å². The first-order valence-electron chi connectivity index (χ1n) is 11.4. The van der Waals surface area contributed by atoms with Crippen molar-refractivity contribution < 1.29 is 28.9 Å². The van der Waals surface area contributed by atoms with Gasteiger partial charge < -0.3 is 24.6 Å². The van der Waals surface area contributed by atoms with Crippen molar-refractivity contribution in [3.63, 3.8) is 0 Å². The Morgan fingerprint density at radius 2 is 1.81 bits per heavy atom. The van der Waals surface area contributed by atoms with Crippen LogP contribution in [0.1, 0.15) is 26.8 Å². The molecule has 2 aromatic carbocycles. The Kier molecular flexibility index (Phi) is 5.78. The summed E-state index contributed by atoms with van der Waals surface area (Å²) in [5.41, 5.74) is 0.805. The highest BCUT2D eigenvalue weighted by Gasteiger charge is 2.50. The number of hydrogen-bond acceptors (Lipinski definition) is 10. The molecule has 0 spiro atoms. The fourth-order valence-corrected chi connectivity index (χ4v) is 4.50. The predicted molar refractivity (Wildman–Crippen MR) is 122 cm³/mol. The van der Waals surface area contributed by atoms with E-state index in [4.69, 9.17) is 14.2 Å². The van der Waals surface area contributed by atoms with E-state index in [1.807, 2.05) is 12.1 Å². The number of carbonyl (C=O) groups is 2. The Labute approximate surface area is 208 Å². The van der Waals surface area contributed by atoms with Gasteiger partial charge in [0.05, 0.1) is 36.1 Å². The van der Waals surface area contributed by atoms with Crippen molar-refractivity contribution in [2.45, 2.75) is 24.3 Å². The van der Waals surface area contributed by atoms with Gasteiger partial charge in [-0.3, -0.25) is 4.79 Å². The Morgan fingerprint density at radius 3 is 2.57 bits per heavy atom. The average Bonchev–Trinajstić information content (AvgIpc) is 3.71. The number of carboxylic acids is 1. The molecule has 2 fully saturated rings. The van der Waals surface area contributed by atoms with Crippen molar-refractivity contribution in [3.8, 4) is 17.4 Å². The fraction of sp³-hybridized carbons (Fsp3) is 0.261. The first-order chi connectivity index (χ1) is 18.1. The van der Waals surface area contributed by atoms with Crippen molar-refractivity contribution in [3.05, 3.63) is 72.3 Å². The van der Waals surface area contributed by atoms with E-state index in [2.05, 4.69) is 30.9 Å². The van der Waals surface area contributed by atoms with Crippen LogP contribution in [0.5, 0.6) is 11.8 Å². The van der Waals surface area contributed by atoms with E-state index in [0.29, 0.717) is 5.75 Å². The quantitative estimate of drug-likeness (QED) is 0.366. The SMILES string of the molecule is O=C(O)c1ccccc1C(=O)NC1COC2C1OCC2n1nnnc1Oc1ccc(-n2cncn2)cc1. The number of fused-ring (bicyclic) bond motifs is 1. The van der Waals surface area contributed by atoms with Crippen LogP contribution in [0.15, 0.2) is 61.2 Å². The molecule has 1 amide bonds. The minimum atomic E-state index is -1.18. The predicted octanol–water partition coefficient (Wildman–Crippen LogP) is 0.882. The molecule has 6 rings (SSSR count). The topological polar surface area (TPSA) is 168 Å². The molecule has 0 radical (unpaired) electrons. The van der Waals surface area contributed by atoms with Gasteiger partial charge in [0.15, 0.2) is 0 Å². The fourth-order valence-electron chi connectivity index (χ4n) is 4.50. The standard InChI is InChI=1S/C23H20N8O6/c32-21(15-3-1-2-4-16(15)22(33)34)26-17-9-35-20-18(10-36-19(17)20)31-23(27-28-29-31)37-14-7-5-13(6-8-14)30-12-24-11-25-30/h1-8,11-12,17-20H,9-10H2,(H,26,32)(H,33,34). The normalized spacial score (nSPS) is 22.5. The minimum absolute atomic E-state index is 0.0685. The van der Waals surface area contributed by atoms with E-state index in [0.717, 1.165) is 5.69 Å². The van der Waals surface area contributed by atoms with E-state index >= 15 is 0 Å². The second-order valence-electron chi connectivity index (χ2n) is 8.44. The van der Waals surface area contributed by atoms with Crippen LogP contribution in [0.3, 0.4) is 0 Å². The van der Waals surface area contributed by atoms with Crippen LogP contribution in [0.2, 0.25) is 0 Å². The molecule has 2 aliphatic rings. The maximum absolute atomic E-state index is 12.8. The van der Waals surface area contributed by atoms with Crippen molar-refractivity contribution in [1.29, 1.82) is 0 Å². The van der Waals surface area contributed by atoms with Gasteiger partial charge in [-0.15, -0.1) is 0 Å². The van der Waals surface area contributed by atoms with Crippen LogP contribution in [-0.4, -0.2) is 83.4 Å².